The minimum atomic E-state index is -1.72. The Morgan fingerprint density at radius 1 is 1.06 bits per heavy atom. The molecule has 3 fully saturated rings. The first-order valence-electron chi connectivity index (χ1n) is 11.4. The first-order chi connectivity index (χ1) is 15.6. The Hall–Kier alpha value is -1.38. The molecule has 0 aromatic rings. The summed E-state index contributed by atoms with van der Waals surface area (Å²) in [6.07, 6.45) is -12.4. The highest BCUT2D eigenvalue weighted by atomic mass is 16.7. The minimum Gasteiger partial charge on any atom is -0.479 e. The normalized spacial score (nSPS) is 42.4. The van der Waals surface area contributed by atoms with Gasteiger partial charge < -0.3 is 49.4 Å². The molecule has 10 unspecified atom stereocenters. The number of rotatable bonds is 5. The summed E-state index contributed by atoms with van der Waals surface area (Å²) in [4.78, 5) is 25.8. The Morgan fingerprint density at radius 2 is 1.68 bits per heavy atom. The van der Waals surface area contributed by atoms with Gasteiger partial charge in [0.05, 0.1) is 24.4 Å². The summed E-state index contributed by atoms with van der Waals surface area (Å²) in [6, 6.07) is -0.801. The van der Waals surface area contributed by atoms with E-state index in [1.807, 2.05) is 13.8 Å². The molecule has 34 heavy (non-hydrogen) atoms. The van der Waals surface area contributed by atoms with Crippen LogP contribution in [0.5, 0.6) is 0 Å². The number of likely N-dealkylation sites (tertiary alicyclic amines) is 1. The van der Waals surface area contributed by atoms with Crippen LogP contribution in [0.25, 0.3) is 0 Å². The van der Waals surface area contributed by atoms with Gasteiger partial charge in [-0.15, -0.1) is 0 Å². The summed E-state index contributed by atoms with van der Waals surface area (Å²) in [5.41, 5.74) is -1.39. The number of aliphatic hydroxyl groups excluding tert-OH is 4. The van der Waals surface area contributed by atoms with Gasteiger partial charge in [0.15, 0.2) is 12.4 Å². The average Bonchev–Trinajstić information content (AvgIpc) is 2.98. The van der Waals surface area contributed by atoms with E-state index in [1.165, 1.54) is 11.8 Å². The monoisotopic (exact) mass is 491 g/mol. The largest absolute Gasteiger partial charge is 0.479 e. The van der Waals surface area contributed by atoms with Crippen molar-refractivity contribution in [2.75, 3.05) is 13.2 Å². The number of carbonyl (C=O) groups excluding carboxylic acids is 1. The number of nitrogens with zero attached hydrogens (tertiary/aromatic N) is 1. The summed E-state index contributed by atoms with van der Waals surface area (Å²) in [5.74, 6) is -1.72. The Labute approximate surface area is 198 Å². The SMILES string of the molecule is CC(=O)N1CC(C)(C)C2OC(CO)C(O)C(OC3OC(C(=O)O)C(OC(C)(C)C)C(O)C3O)C21. The highest BCUT2D eigenvalue weighted by molar-refractivity contribution is 5.74. The number of fused-ring (bicyclic) bond motifs is 1. The van der Waals surface area contributed by atoms with Crippen molar-refractivity contribution >= 4 is 11.9 Å². The van der Waals surface area contributed by atoms with E-state index in [2.05, 4.69) is 0 Å². The average molecular weight is 492 g/mol. The van der Waals surface area contributed by atoms with Crippen molar-refractivity contribution in [1.29, 1.82) is 0 Å². The molecule has 0 spiro atoms. The van der Waals surface area contributed by atoms with E-state index in [0.29, 0.717) is 6.54 Å². The molecule has 0 saturated carbocycles. The molecule has 196 valence electrons. The Morgan fingerprint density at radius 3 is 2.18 bits per heavy atom. The molecule has 3 saturated heterocycles. The molecule has 3 rings (SSSR count). The summed E-state index contributed by atoms with van der Waals surface area (Å²) >= 11 is 0. The van der Waals surface area contributed by atoms with Crippen LogP contribution in [0.3, 0.4) is 0 Å². The predicted molar refractivity (Wildman–Crippen MR) is 115 cm³/mol. The molecule has 3 aliphatic rings. The zero-order chi connectivity index (χ0) is 25.7. The number of carbonyl (C=O) groups is 2. The lowest BCUT2D eigenvalue weighted by atomic mass is 9.81. The molecule has 3 heterocycles. The lowest BCUT2D eigenvalue weighted by Gasteiger charge is -2.49. The van der Waals surface area contributed by atoms with Crippen molar-refractivity contribution in [1.82, 2.24) is 4.90 Å². The Bertz CT molecular complexity index is 768. The van der Waals surface area contributed by atoms with Gasteiger partial charge in [0, 0.05) is 18.9 Å². The number of carboxylic acid groups (broad SMARTS) is 1. The topological polar surface area (TPSA) is 175 Å². The Kier molecular flexibility index (Phi) is 7.67. The van der Waals surface area contributed by atoms with E-state index in [-0.39, 0.29) is 5.91 Å². The summed E-state index contributed by atoms with van der Waals surface area (Å²) in [5, 5.41) is 51.8. The molecular weight excluding hydrogens is 454 g/mol. The second-order valence-corrected chi connectivity index (χ2v) is 10.9. The number of aliphatic carboxylic acids is 1. The van der Waals surface area contributed by atoms with Crippen LogP contribution in [-0.2, 0) is 28.5 Å². The summed E-state index contributed by atoms with van der Waals surface area (Å²) < 4.78 is 23.0. The standard InChI is InChI=1S/C22H37NO11/c1-9(25)23-8-22(5,6)18-11(23)15(12(26)10(7-24)31-18)32-20-14(28)13(27)16(34-21(2,3)4)17(33-20)19(29)30/h10-18,20,24,26-28H,7-8H2,1-6H3,(H,29,30). The molecular formula is C22H37NO11. The fourth-order valence-electron chi connectivity index (χ4n) is 5.03. The van der Waals surface area contributed by atoms with Crippen LogP contribution in [0.2, 0.25) is 0 Å². The van der Waals surface area contributed by atoms with Gasteiger partial charge in [-0.2, -0.15) is 0 Å². The maximum atomic E-state index is 12.4. The van der Waals surface area contributed by atoms with E-state index >= 15 is 0 Å². The van der Waals surface area contributed by atoms with Gasteiger partial charge in [-0.25, -0.2) is 4.79 Å². The number of hydrogen-bond acceptors (Lipinski definition) is 10. The van der Waals surface area contributed by atoms with Gasteiger partial charge in [0.1, 0.15) is 36.6 Å². The van der Waals surface area contributed by atoms with E-state index in [9.17, 15) is 35.1 Å². The molecule has 0 bridgehead atoms. The number of hydrogen-bond donors (Lipinski definition) is 5. The van der Waals surface area contributed by atoms with Gasteiger partial charge in [0.25, 0.3) is 0 Å². The second kappa shape index (κ2) is 9.58. The summed E-state index contributed by atoms with van der Waals surface area (Å²) in [7, 11) is 0. The van der Waals surface area contributed by atoms with Gasteiger partial charge in [0.2, 0.25) is 5.91 Å². The van der Waals surface area contributed by atoms with E-state index in [4.69, 9.17) is 18.9 Å². The minimum absolute atomic E-state index is 0.290. The fraction of sp³-hybridized carbons (Fsp3) is 0.909. The molecule has 3 aliphatic heterocycles. The fourth-order valence-corrected chi connectivity index (χ4v) is 5.03. The molecule has 0 aromatic heterocycles. The van der Waals surface area contributed by atoms with Crippen LogP contribution in [0, 0.1) is 5.41 Å². The Balaban J connectivity index is 1.92. The van der Waals surface area contributed by atoms with Crippen LogP contribution in [-0.4, -0.2) is 122 Å². The first-order valence-corrected chi connectivity index (χ1v) is 11.4. The van der Waals surface area contributed by atoms with Crippen LogP contribution >= 0.6 is 0 Å². The van der Waals surface area contributed by atoms with E-state index in [1.54, 1.807) is 20.8 Å². The molecule has 0 aromatic carbocycles. The van der Waals surface area contributed by atoms with Gasteiger partial charge >= 0.3 is 5.97 Å². The highest BCUT2D eigenvalue weighted by Gasteiger charge is 2.60. The highest BCUT2D eigenvalue weighted by Crippen LogP contribution is 2.44. The maximum absolute atomic E-state index is 12.4. The lowest BCUT2D eigenvalue weighted by molar-refractivity contribution is -0.338. The third-order valence-electron chi connectivity index (χ3n) is 6.55. The van der Waals surface area contributed by atoms with Crippen molar-refractivity contribution < 1.29 is 54.1 Å². The van der Waals surface area contributed by atoms with Gasteiger partial charge in [-0.3, -0.25) is 4.79 Å². The van der Waals surface area contributed by atoms with Crippen LogP contribution in [0.1, 0.15) is 41.5 Å². The zero-order valence-corrected chi connectivity index (χ0v) is 20.3. The molecule has 12 nitrogen and oxygen atoms in total. The van der Waals surface area contributed by atoms with Gasteiger partial charge in [-0.1, -0.05) is 13.8 Å². The van der Waals surface area contributed by atoms with Crippen molar-refractivity contribution in [3.05, 3.63) is 0 Å². The molecule has 0 aliphatic carbocycles. The zero-order valence-electron chi connectivity index (χ0n) is 20.3. The van der Waals surface area contributed by atoms with Crippen LogP contribution in [0.4, 0.5) is 0 Å². The van der Waals surface area contributed by atoms with Crippen LogP contribution < -0.4 is 0 Å². The van der Waals surface area contributed by atoms with Crippen molar-refractivity contribution in [3.63, 3.8) is 0 Å². The van der Waals surface area contributed by atoms with Gasteiger partial charge in [-0.05, 0) is 20.8 Å². The third kappa shape index (κ3) is 5.09. The molecule has 12 heteroatoms. The maximum Gasteiger partial charge on any atom is 0.335 e. The van der Waals surface area contributed by atoms with Crippen molar-refractivity contribution in [2.45, 2.75) is 108 Å². The molecule has 10 atom stereocenters. The molecule has 0 radical (unpaired) electrons. The molecule has 1 amide bonds. The predicted octanol–water partition coefficient (Wildman–Crippen LogP) is -1.54. The number of ether oxygens (including phenoxy) is 4. The smallest absolute Gasteiger partial charge is 0.335 e. The number of aliphatic hydroxyl groups is 4. The third-order valence-corrected chi connectivity index (χ3v) is 6.55. The van der Waals surface area contributed by atoms with Crippen molar-refractivity contribution in [2.24, 2.45) is 5.41 Å². The van der Waals surface area contributed by atoms with Crippen LogP contribution in [0.15, 0.2) is 0 Å². The molecule has 5 N–H and O–H groups in total. The quantitative estimate of drug-likeness (QED) is 0.301. The lowest BCUT2D eigenvalue weighted by Crippen LogP contribution is -2.67. The summed E-state index contributed by atoms with van der Waals surface area (Å²) in [6.45, 7) is 9.88. The number of amides is 1. The number of carboxylic acids is 1. The van der Waals surface area contributed by atoms with E-state index in [0.717, 1.165) is 0 Å². The first kappa shape index (κ1) is 27.2. The second-order valence-electron chi connectivity index (χ2n) is 10.9. The van der Waals surface area contributed by atoms with Crippen molar-refractivity contribution in [3.8, 4) is 0 Å². The van der Waals surface area contributed by atoms with E-state index < -0.39 is 84.8 Å².